The van der Waals surface area contributed by atoms with Crippen molar-refractivity contribution in [3.63, 3.8) is 0 Å². The summed E-state index contributed by atoms with van der Waals surface area (Å²) in [6.45, 7) is 9.57. The molecule has 22 heavy (non-hydrogen) atoms. The third kappa shape index (κ3) is 4.18. The van der Waals surface area contributed by atoms with Crippen LogP contribution in [-0.2, 0) is 19.1 Å². The number of nitrogens with zero attached hydrogens (tertiary/aromatic N) is 2. The van der Waals surface area contributed by atoms with Gasteiger partial charge in [0.15, 0.2) is 0 Å². The van der Waals surface area contributed by atoms with Gasteiger partial charge in [0, 0.05) is 11.1 Å². The molecule has 0 aliphatic carbocycles. The van der Waals surface area contributed by atoms with E-state index in [9.17, 15) is 19.2 Å². The fourth-order valence-electron chi connectivity index (χ4n) is 1.50. The Kier molecular flexibility index (Phi) is 5.85. The molecular formula is C14H18N2O6. The number of ether oxygens (including phenoxy) is 2. The van der Waals surface area contributed by atoms with E-state index in [1.54, 1.807) is 0 Å². The third-order valence-corrected chi connectivity index (χ3v) is 2.72. The van der Waals surface area contributed by atoms with Crippen LogP contribution in [0.4, 0.5) is 9.59 Å². The van der Waals surface area contributed by atoms with E-state index >= 15 is 0 Å². The highest BCUT2D eigenvalue weighted by Crippen LogP contribution is 2.15. The molecule has 8 heteroatoms. The summed E-state index contributed by atoms with van der Waals surface area (Å²) < 4.78 is 9.60. The first-order valence-corrected chi connectivity index (χ1v) is 6.54. The van der Waals surface area contributed by atoms with Crippen molar-refractivity contribution in [3.05, 3.63) is 24.3 Å². The molecule has 0 aromatic rings. The maximum atomic E-state index is 11.7. The summed E-state index contributed by atoms with van der Waals surface area (Å²) in [6, 6.07) is -1.05. The van der Waals surface area contributed by atoms with Gasteiger partial charge in [-0.15, -0.1) is 0 Å². The van der Waals surface area contributed by atoms with Crippen molar-refractivity contribution in [1.29, 1.82) is 0 Å². The Bertz CT molecular complexity index is 479. The second-order valence-electron chi connectivity index (χ2n) is 4.70. The fourth-order valence-corrected chi connectivity index (χ4v) is 1.50. The van der Waals surface area contributed by atoms with Gasteiger partial charge in [0.1, 0.15) is 13.2 Å². The molecule has 0 aromatic heterocycles. The minimum Gasteiger partial charge on any atom is -0.460 e. The maximum absolute atomic E-state index is 11.7. The number of amides is 4. The normalized spacial score (nSPS) is 13.5. The maximum Gasteiger partial charge on any atom is 0.336 e. The van der Waals surface area contributed by atoms with Crippen LogP contribution in [0, 0.1) is 0 Å². The van der Waals surface area contributed by atoms with Gasteiger partial charge in [-0.2, -0.15) is 0 Å². The highest BCUT2D eigenvalue weighted by atomic mass is 16.5. The lowest BCUT2D eigenvalue weighted by Crippen LogP contribution is -2.65. The number of carbonyl (C=O) groups excluding carboxylic acids is 4. The second kappa shape index (κ2) is 7.39. The minimum atomic E-state index is -0.580. The smallest absolute Gasteiger partial charge is 0.336 e. The van der Waals surface area contributed by atoms with Gasteiger partial charge in [-0.05, 0) is 13.8 Å². The van der Waals surface area contributed by atoms with Gasteiger partial charge < -0.3 is 9.47 Å². The molecule has 0 N–H and O–H groups in total. The van der Waals surface area contributed by atoms with Gasteiger partial charge in [0.05, 0.1) is 13.1 Å². The summed E-state index contributed by atoms with van der Waals surface area (Å²) >= 11 is 0. The van der Waals surface area contributed by atoms with Crippen molar-refractivity contribution in [2.75, 3.05) is 26.3 Å². The lowest BCUT2D eigenvalue weighted by Gasteiger charge is -2.38. The van der Waals surface area contributed by atoms with E-state index in [0.29, 0.717) is 0 Å². The molecule has 0 saturated carbocycles. The molecule has 0 atom stereocenters. The number of hydrogen-bond donors (Lipinski definition) is 0. The second-order valence-corrected chi connectivity index (χ2v) is 4.70. The van der Waals surface area contributed by atoms with Crippen molar-refractivity contribution in [2.45, 2.75) is 13.8 Å². The van der Waals surface area contributed by atoms with E-state index in [2.05, 4.69) is 13.2 Å². The van der Waals surface area contributed by atoms with E-state index in [1.165, 1.54) is 13.8 Å². The summed E-state index contributed by atoms with van der Waals surface area (Å²) in [5.41, 5.74) is 0.476. The SMILES string of the molecule is C=C(C)C(=O)OCCN1C(=O)N(CCOC(=O)C(=C)C)C1=O. The van der Waals surface area contributed by atoms with E-state index < -0.39 is 24.0 Å². The molecule has 8 nitrogen and oxygen atoms in total. The molecule has 1 rings (SSSR count). The van der Waals surface area contributed by atoms with Crippen LogP contribution in [-0.4, -0.2) is 60.1 Å². The Labute approximate surface area is 127 Å². The van der Waals surface area contributed by atoms with E-state index in [1.807, 2.05) is 0 Å². The largest absolute Gasteiger partial charge is 0.460 e. The van der Waals surface area contributed by atoms with Crippen LogP contribution in [0.3, 0.4) is 0 Å². The topological polar surface area (TPSA) is 93.2 Å². The van der Waals surface area contributed by atoms with Gasteiger partial charge in [0.2, 0.25) is 0 Å². The summed E-state index contributed by atoms with van der Waals surface area (Å²) in [4.78, 5) is 47.6. The standard InChI is InChI=1S/C14H18N2O6/c1-9(2)11(17)21-7-5-15-13(19)16(14(15)20)6-8-22-12(18)10(3)4/h1,3,5-8H2,2,4H3. The summed E-state index contributed by atoms with van der Waals surface area (Å²) in [7, 11) is 0. The quantitative estimate of drug-likeness (QED) is 0.492. The Hall–Kier alpha value is -2.64. The molecular weight excluding hydrogens is 292 g/mol. The molecule has 0 radical (unpaired) electrons. The zero-order chi connectivity index (χ0) is 16.9. The Morgan fingerprint density at radius 3 is 1.45 bits per heavy atom. The van der Waals surface area contributed by atoms with Crippen molar-refractivity contribution >= 4 is 24.0 Å². The van der Waals surface area contributed by atoms with Crippen LogP contribution >= 0.6 is 0 Å². The molecule has 4 amide bonds. The number of esters is 2. The van der Waals surface area contributed by atoms with Crippen molar-refractivity contribution in [2.24, 2.45) is 0 Å². The van der Waals surface area contributed by atoms with Crippen LogP contribution in [0.25, 0.3) is 0 Å². The lowest BCUT2D eigenvalue weighted by atomic mass is 10.3. The summed E-state index contributed by atoms with van der Waals surface area (Å²) in [6.07, 6.45) is 0. The van der Waals surface area contributed by atoms with Gasteiger partial charge in [-0.25, -0.2) is 29.0 Å². The fraction of sp³-hybridized carbons (Fsp3) is 0.429. The molecule has 1 aliphatic rings. The number of imide groups is 2. The van der Waals surface area contributed by atoms with Gasteiger partial charge in [0.25, 0.3) is 0 Å². The molecule has 1 fully saturated rings. The van der Waals surface area contributed by atoms with Crippen LogP contribution in [0.2, 0.25) is 0 Å². The summed E-state index contributed by atoms with van der Waals surface area (Å²) in [5.74, 6) is -1.16. The number of hydrogen-bond acceptors (Lipinski definition) is 6. The summed E-state index contributed by atoms with van der Waals surface area (Å²) in [5, 5.41) is 0. The monoisotopic (exact) mass is 310 g/mol. The van der Waals surface area contributed by atoms with Gasteiger partial charge in [-0.3, -0.25) is 0 Å². The molecule has 120 valence electrons. The first-order valence-electron chi connectivity index (χ1n) is 6.54. The van der Waals surface area contributed by atoms with Crippen molar-refractivity contribution in [1.82, 2.24) is 9.80 Å². The Morgan fingerprint density at radius 2 is 1.18 bits per heavy atom. The van der Waals surface area contributed by atoms with Gasteiger partial charge in [-0.1, -0.05) is 13.2 Å². The van der Waals surface area contributed by atoms with Crippen LogP contribution in [0.15, 0.2) is 24.3 Å². The first kappa shape index (κ1) is 17.4. The zero-order valence-corrected chi connectivity index (χ0v) is 12.6. The molecule has 1 saturated heterocycles. The number of urea groups is 2. The van der Waals surface area contributed by atoms with E-state index in [4.69, 9.17) is 9.47 Å². The average Bonchev–Trinajstić information content (AvgIpc) is 2.46. The van der Waals surface area contributed by atoms with Crippen molar-refractivity contribution in [3.8, 4) is 0 Å². The molecule has 1 aliphatic heterocycles. The Balaban J connectivity index is 2.30. The van der Waals surface area contributed by atoms with Crippen LogP contribution in [0.5, 0.6) is 0 Å². The van der Waals surface area contributed by atoms with Gasteiger partial charge >= 0.3 is 24.0 Å². The highest BCUT2D eigenvalue weighted by molar-refractivity contribution is 6.11. The molecule has 1 heterocycles. The molecule has 0 spiro atoms. The molecule has 0 unspecified atom stereocenters. The van der Waals surface area contributed by atoms with Crippen LogP contribution in [0.1, 0.15) is 13.8 Å². The first-order chi connectivity index (χ1) is 10.3. The average molecular weight is 310 g/mol. The predicted octanol–water partition coefficient (Wildman–Crippen LogP) is 1.08. The molecule has 0 bridgehead atoms. The Morgan fingerprint density at radius 1 is 0.864 bits per heavy atom. The minimum absolute atomic E-state index is 0.0290. The number of rotatable bonds is 8. The lowest BCUT2D eigenvalue weighted by molar-refractivity contribution is -0.139. The van der Waals surface area contributed by atoms with Crippen molar-refractivity contribution < 1.29 is 28.7 Å². The van der Waals surface area contributed by atoms with Crippen LogP contribution < -0.4 is 0 Å². The highest BCUT2D eigenvalue weighted by Gasteiger charge is 2.43. The predicted molar refractivity (Wildman–Crippen MR) is 75.8 cm³/mol. The third-order valence-electron chi connectivity index (χ3n) is 2.72. The van der Waals surface area contributed by atoms with E-state index in [-0.39, 0.29) is 37.4 Å². The zero-order valence-electron chi connectivity index (χ0n) is 12.6. The van der Waals surface area contributed by atoms with E-state index in [0.717, 1.165) is 9.80 Å². The number of carbonyl (C=O) groups is 4. The molecule has 0 aromatic carbocycles.